The standard InChI is InChI=1S/C20H20N2O2/c1-13-16-10-9-15(24-2)12-17(16)21-19(13)20(23)22-11-5-7-14-6-3-4-8-18(14)22/h3-4,6,8-10,12,21H,5,7,11H2,1-2H3. The maximum atomic E-state index is 13.2. The molecule has 0 aliphatic carbocycles. The Kier molecular flexibility index (Phi) is 3.53. The fourth-order valence-electron chi connectivity index (χ4n) is 3.54. The number of hydrogen-bond acceptors (Lipinski definition) is 2. The number of hydrogen-bond donors (Lipinski definition) is 1. The number of aromatic nitrogens is 1. The fourth-order valence-corrected chi connectivity index (χ4v) is 3.54. The number of H-pyrrole nitrogens is 1. The molecule has 1 amide bonds. The maximum absolute atomic E-state index is 13.2. The van der Waals surface area contributed by atoms with Crippen LogP contribution in [0.3, 0.4) is 0 Å². The lowest BCUT2D eigenvalue weighted by molar-refractivity contribution is 0.0980. The summed E-state index contributed by atoms with van der Waals surface area (Å²) >= 11 is 0. The molecule has 0 radical (unpaired) electrons. The van der Waals surface area contributed by atoms with Crippen molar-refractivity contribution in [2.75, 3.05) is 18.6 Å². The van der Waals surface area contributed by atoms with Gasteiger partial charge < -0.3 is 14.6 Å². The van der Waals surface area contributed by atoms with E-state index in [2.05, 4.69) is 11.1 Å². The van der Waals surface area contributed by atoms with E-state index in [1.54, 1.807) is 7.11 Å². The summed E-state index contributed by atoms with van der Waals surface area (Å²) in [5.74, 6) is 0.820. The third-order valence-corrected chi connectivity index (χ3v) is 4.83. The van der Waals surface area contributed by atoms with E-state index in [4.69, 9.17) is 4.74 Å². The van der Waals surface area contributed by atoms with Gasteiger partial charge in [-0.15, -0.1) is 0 Å². The lowest BCUT2D eigenvalue weighted by Gasteiger charge is -2.29. The third-order valence-electron chi connectivity index (χ3n) is 4.83. The Morgan fingerprint density at radius 2 is 2.04 bits per heavy atom. The molecule has 0 spiro atoms. The average Bonchev–Trinajstić information content (AvgIpc) is 2.96. The molecule has 4 heteroatoms. The van der Waals surface area contributed by atoms with Crippen molar-refractivity contribution in [1.82, 2.24) is 4.98 Å². The summed E-state index contributed by atoms with van der Waals surface area (Å²) in [4.78, 5) is 18.4. The Labute approximate surface area is 141 Å². The number of carbonyl (C=O) groups is 1. The molecule has 1 N–H and O–H groups in total. The summed E-state index contributed by atoms with van der Waals surface area (Å²) in [5, 5.41) is 1.06. The van der Waals surface area contributed by atoms with Gasteiger partial charge in [0, 0.05) is 29.2 Å². The monoisotopic (exact) mass is 320 g/mol. The van der Waals surface area contributed by atoms with Gasteiger partial charge in [-0.25, -0.2) is 0 Å². The van der Waals surface area contributed by atoms with Crippen LogP contribution < -0.4 is 9.64 Å². The normalized spacial score (nSPS) is 13.8. The highest BCUT2D eigenvalue weighted by molar-refractivity contribution is 6.09. The molecule has 0 fully saturated rings. The van der Waals surface area contributed by atoms with E-state index in [-0.39, 0.29) is 5.91 Å². The van der Waals surface area contributed by atoms with Crippen LogP contribution >= 0.6 is 0 Å². The largest absolute Gasteiger partial charge is 0.497 e. The van der Waals surface area contributed by atoms with Gasteiger partial charge in [-0.1, -0.05) is 18.2 Å². The Hall–Kier alpha value is -2.75. The number of para-hydroxylation sites is 1. The second kappa shape index (κ2) is 5.71. The lowest BCUT2D eigenvalue weighted by Crippen LogP contribution is -2.36. The van der Waals surface area contributed by atoms with Gasteiger partial charge in [0.25, 0.3) is 5.91 Å². The van der Waals surface area contributed by atoms with Crippen LogP contribution in [0.2, 0.25) is 0 Å². The van der Waals surface area contributed by atoms with E-state index in [0.717, 1.165) is 47.3 Å². The zero-order chi connectivity index (χ0) is 16.7. The Balaban J connectivity index is 1.78. The van der Waals surface area contributed by atoms with Crippen molar-refractivity contribution < 1.29 is 9.53 Å². The number of nitrogens with one attached hydrogen (secondary N) is 1. The van der Waals surface area contributed by atoms with Gasteiger partial charge in [0.1, 0.15) is 11.4 Å². The number of methoxy groups -OCH3 is 1. The topological polar surface area (TPSA) is 45.3 Å². The molecule has 2 heterocycles. The van der Waals surface area contributed by atoms with E-state index in [0.29, 0.717) is 5.69 Å². The van der Waals surface area contributed by atoms with Crippen molar-refractivity contribution in [3.8, 4) is 5.75 Å². The number of nitrogens with zero attached hydrogens (tertiary/aromatic N) is 1. The number of aryl methyl sites for hydroxylation is 2. The molecule has 1 aliphatic rings. The molecule has 24 heavy (non-hydrogen) atoms. The van der Waals surface area contributed by atoms with Gasteiger partial charge in [0.05, 0.1) is 7.11 Å². The van der Waals surface area contributed by atoms with Gasteiger partial charge in [-0.3, -0.25) is 4.79 Å². The first-order chi connectivity index (χ1) is 11.7. The number of benzene rings is 2. The molecule has 0 bridgehead atoms. The molecule has 122 valence electrons. The second-order valence-corrected chi connectivity index (χ2v) is 6.23. The minimum Gasteiger partial charge on any atom is -0.497 e. The fraction of sp³-hybridized carbons (Fsp3) is 0.250. The van der Waals surface area contributed by atoms with E-state index >= 15 is 0 Å². The molecule has 0 atom stereocenters. The summed E-state index contributed by atoms with van der Waals surface area (Å²) in [7, 11) is 1.65. The highest BCUT2D eigenvalue weighted by Crippen LogP contribution is 2.31. The molecule has 2 aromatic carbocycles. The minimum atomic E-state index is 0.0369. The van der Waals surface area contributed by atoms with Crippen LogP contribution in [0.15, 0.2) is 42.5 Å². The summed E-state index contributed by atoms with van der Waals surface area (Å²) in [6, 6.07) is 14.0. The van der Waals surface area contributed by atoms with Crippen molar-refractivity contribution in [3.05, 3.63) is 59.3 Å². The van der Waals surface area contributed by atoms with E-state index in [9.17, 15) is 4.79 Å². The zero-order valence-corrected chi connectivity index (χ0v) is 13.9. The summed E-state index contributed by atoms with van der Waals surface area (Å²) in [5.41, 5.74) is 4.85. The first kappa shape index (κ1) is 14.8. The van der Waals surface area contributed by atoms with Crippen LogP contribution in [0, 0.1) is 6.92 Å². The van der Waals surface area contributed by atoms with E-state index in [1.165, 1.54) is 5.56 Å². The number of amides is 1. The van der Waals surface area contributed by atoms with Gasteiger partial charge >= 0.3 is 0 Å². The zero-order valence-electron chi connectivity index (χ0n) is 13.9. The highest BCUT2D eigenvalue weighted by atomic mass is 16.5. The summed E-state index contributed by atoms with van der Waals surface area (Å²) in [6.07, 6.45) is 2.03. The Bertz CT molecular complexity index is 927. The second-order valence-electron chi connectivity index (χ2n) is 6.23. The molecule has 3 aromatic rings. The van der Waals surface area contributed by atoms with Crippen molar-refractivity contribution >= 4 is 22.5 Å². The predicted molar refractivity (Wildman–Crippen MR) is 96.0 cm³/mol. The summed E-state index contributed by atoms with van der Waals surface area (Å²) < 4.78 is 5.28. The van der Waals surface area contributed by atoms with Crippen molar-refractivity contribution in [3.63, 3.8) is 0 Å². The average molecular weight is 320 g/mol. The van der Waals surface area contributed by atoms with Gasteiger partial charge in [-0.2, -0.15) is 0 Å². The highest BCUT2D eigenvalue weighted by Gasteiger charge is 2.26. The number of fused-ring (bicyclic) bond motifs is 2. The van der Waals surface area contributed by atoms with Crippen molar-refractivity contribution in [2.24, 2.45) is 0 Å². The molecular formula is C20H20N2O2. The smallest absolute Gasteiger partial charge is 0.274 e. The van der Waals surface area contributed by atoms with Crippen LogP contribution in [0.1, 0.15) is 28.0 Å². The molecule has 4 rings (SSSR count). The van der Waals surface area contributed by atoms with Crippen LogP contribution in [0.25, 0.3) is 10.9 Å². The van der Waals surface area contributed by atoms with Crippen LogP contribution in [-0.2, 0) is 6.42 Å². The molecule has 1 aliphatic heterocycles. The quantitative estimate of drug-likeness (QED) is 0.773. The number of rotatable bonds is 2. The molecule has 1 aromatic heterocycles. The maximum Gasteiger partial charge on any atom is 0.274 e. The lowest BCUT2D eigenvalue weighted by atomic mass is 10.0. The van der Waals surface area contributed by atoms with E-state index < -0.39 is 0 Å². The number of carbonyl (C=O) groups excluding carboxylic acids is 1. The minimum absolute atomic E-state index is 0.0369. The number of anilines is 1. The van der Waals surface area contributed by atoms with Crippen LogP contribution in [0.4, 0.5) is 5.69 Å². The van der Waals surface area contributed by atoms with Gasteiger partial charge in [0.2, 0.25) is 0 Å². The first-order valence-corrected chi connectivity index (χ1v) is 8.25. The Morgan fingerprint density at radius 3 is 2.88 bits per heavy atom. The summed E-state index contributed by atoms with van der Waals surface area (Å²) in [6.45, 7) is 2.75. The molecule has 4 nitrogen and oxygen atoms in total. The number of ether oxygens (including phenoxy) is 1. The molecule has 0 saturated heterocycles. The van der Waals surface area contributed by atoms with Gasteiger partial charge in [-0.05, 0) is 49.1 Å². The SMILES string of the molecule is COc1ccc2c(C)c(C(=O)N3CCCc4ccccc43)[nH]c2c1. The van der Waals surface area contributed by atoms with Crippen molar-refractivity contribution in [1.29, 1.82) is 0 Å². The predicted octanol–water partition coefficient (Wildman–Crippen LogP) is 4.08. The first-order valence-electron chi connectivity index (χ1n) is 8.25. The molecule has 0 unspecified atom stereocenters. The van der Waals surface area contributed by atoms with E-state index in [1.807, 2.05) is 48.2 Å². The molecular weight excluding hydrogens is 300 g/mol. The third kappa shape index (κ3) is 2.26. The Morgan fingerprint density at radius 1 is 1.21 bits per heavy atom. The number of aromatic amines is 1. The van der Waals surface area contributed by atoms with Gasteiger partial charge in [0.15, 0.2) is 0 Å². The van der Waals surface area contributed by atoms with Crippen LogP contribution in [-0.4, -0.2) is 24.5 Å². The van der Waals surface area contributed by atoms with Crippen LogP contribution in [0.5, 0.6) is 5.75 Å². The molecule has 0 saturated carbocycles. The van der Waals surface area contributed by atoms with Crippen molar-refractivity contribution in [2.45, 2.75) is 19.8 Å².